The molecule has 16 heavy (non-hydrogen) atoms. The van der Waals surface area contributed by atoms with Gasteiger partial charge in [-0.3, -0.25) is 4.90 Å². The van der Waals surface area contributed by atoms with Crippen LogP contribution in [0.25, 0.3) is 0 Å². The maximum atomic E-state index is 5.92. The first-order valence-electron chi connectivity index (χ1n) is 7.23. The zero-order valence-electron chi connectivity index (χ0n) is 10.8. The van der Waals surface area contributed by atoms with Crippen molar-refractivity contribution in [2.24, 2.45) is 17.6 Å². The van der Waals surface area contributed by atoms with Crippen molar-refractivity contribution in [2.45, 2.75) is 57.9 Å². The van der Waals surface area contributed by atoms with Crippen molar-refractivity contribution in [3.63, 3.8) is 0 Å². The Morgan fingerprint density at radius 3 is 2.56 bits per heavy atom. The van der Waals surface area contributed by atoms with E-state index in [1.54, 1.807) is 0 Å². The highest BCUT2D eigenvalue weighted by Crippen LogP contribution is 2.28. The van der Waals surface area contributed by atoms with Gasteiger partial charge < -0.3 is 5.73 Å². The number of nitrogens with two attached hydrogens (primary N) is 1. The van der Waals surface area contributed by atoms with Crippen molar-refractivity contribution >= 4 is 0 Å². The molecule has 0 amide bonds. The van der Waals surface area contributed by atoms with Gasteiger partial charge in [-0.2, -0.15) is 0 Å². The molecule has 2 unspecified atom stereocenters. The molecule has 1 aliphatic heterocycles. The van der Waals surface area contributed by atoms with Crippen LogP contribution in [0, 0.1) is 11.8 Å². The quantitative estimate of drug-likeness (QED) is 0.798. The highest BCUT2D eigenvalue weighted by Gasteiger charge is 2.27. The summed E-state index contributed by atoms with van der Waals surface area (Å²) >= 11 is 0. The molecule has 0 bridgehead atoms. The first kappa shape index (κ1) is 12.4. The molecule has 2 atom stereocenters. The average molecular weight is 224 g/mol. The van der Waals surface area contributed by atoms with E-state index in [1.165, 1.54) is 58.0 Å². The largest absolute Gasteiger partial charge is 0.329 e. The fourth-order valence-electron chi connectivity index (χ4n) is 3.49. The lowest BCUT2D eigenvalue weighted by Crippen LogP contribution is -2.48. The second-order valence-corrected chi connectivity index (χ2v) is 6.02. The van der Waals surface area contributed by atoms with Gasteiger partial charge in [0.1, 0.15) is 0 Å². The van der Waals surface area contributed by atoms with Gasteiger partial charge in [-0.25, -0.2) is 0 Å². The van der Waals surface area contributed by atoms with E-state index in [1.807, 2.05) is 0 Å². The lowest BCUT2D eigenvalue weighted by Gasteiger charge is -2.40. The summed E-state index contributed by atoms with van der Waals surface area (Å²) < 4.78 is 0. The number of piperidine rings is 1. The molecule has 1 saturated heterocycles. The fraction of sp³-hybridized carbons (Fsp3) is 1.00. The first-order valence-corrected chi connectivity index (χ1v) is 7.23. The second-order valence-electron chi connectivity index (χ2n) is 6.02. The Labute approximate surface area is 101 Å². The summed E-state index contributed by atoms with van der Waals surface area (Å²) in [7, 11) is 0. The molecule has 2 nitrogen and oxygen atoms in total. The number of hydrogen-bond acceptors (Lipinski definition) is 2. The van der Waals surface area contributed by atoms with Crippen LogP contribution in [0.3, 0.4) is 0 Å². The summed E-state index contributed by atoms with van der Waals surface area (Å²) in [6.07, 6.45) is 10.0. The van der Waals surface area contributed by atoms with Gasteiger partial charge in [0, 0.05) is 19.1 Å². The summed E-state index contributed by atoms with van der Waals surface area (Å²) in [4.78, 5) is 2.69. The highest BCUT2D eigenvalue weighted by atomic mass is 15.2. The molecule has 2 N–H and O–H groups in total. The zero-order valence-corrected chi connectivity index (χ0v) is 10.8. The van der Waals surface area contributed by atoms with Crippen molar-refractivity contribution < 1.29 is 0 Å². The van der Waals surface area contributed by atoms with E-state index in [0.717, 1.165) is 18.4 Å². The maximum Gasteiger partial charge on any atom is 0.0221 e. The van der Waals surface area contributed by atoms with Gasteiger partial charge in [0.15, 0.2) is 0 Å². The van der Waals surface area contributed by atoms with E-state index >= 15 is 0 Å². The molecular formula is C14H28N2. The number of nitrogens with zero attached hydrogens (tertiary/aromatic N) is 1. The Bertz CT molecular complexity index is 199. The minimum Gasteiger partial charge on any atom is -0.329 e. The molecular weight excluding hydrogens is 196 g/mol. The molecule has 2 heteroatoms. The summed E-state index contributed by atoms with van der Waals surface area (Å²) in [5.41, 5.74) is 5.92. The van der Waals surface area contributed by atoms with Crippen molar-refractivity contribution in [3.05, 3.63) is 0 Å². The second kappa shape index (κ2) is 6.02. The van der Waals surface area contributed by atoms with Crippen LogP contribution < -0.4 is 5.73 Å². The molecule has 0 aromatic carbocycles. The highest BCUT2D eigenvalue weighted by molar-refractivity contribution is 4.83. The van der Waals surface area contributed by atoms with Gasteiger partial charge in [-0.1, -0.05) is 26.2 Å². The van der Waals surface area contributed by atoms with Gasteiger partial charge >= 0.3 is 0 Å². The lowest BCUT2D eigenvalue weighted by molar-refractivity contribution is 0.0941. The number of likely N-dealkylation sites (tertiary alicyclic amines) is 1. The summed E-state index contributed by atoms with van der Waals surface area (Å²) in [6.45, 7) is 5.85. The maximum absolute atomic E-state index is 5.92. The monoisotopic (exact) mass is 224 g/mol. The van der Waals surface area contributed by atoms with E-state index in [4.69, 9.17) is 5.73 Å². The zero-order chi connectivity index (χ0) is 11.4. The van der Waals surface area contributed by atoms with Gasteiger partial charge in [-0.05, 0) is 44.1 Å². The van der Waals surface area contributed by atoms with Crippen molar-refractivity contribution in [2.75, 3.05) is 19.6 Å². The Morgan fingerprint density at radius 1 is 1.12 bits per heavy atom. The van der Waals surface area contributed by atoms with Crippen molar-refractivity contribution in [1.29, 1.82) is 0 Å². The van der Waals surface area contributed by atoms with E-state index in [2.05, 4.69) is 11.8 Å². The molecule has 1 saturated carbocycles. The van der Waals surface area contributed by atoms with Crippen LogP contribution in [0.2, 0.25) is 0 Å². The third kappa shape index (κ3) is 3.21. The number of hydrogen-bond donors (Lipinski definition) is 1. The van der Waals surface area contributed by atoms with Crippen LogP contribution in [-0.2, 0) is 0 Å². The van der Waals surface area contributed by atoms with Crippen LogP contribution in [0.1, 0.15) is 51.9 Å². The van der Waals surface area contributed by atoms with Crippen LogP contribution >= 0.6 is 0 Å². The van der Waals surface area contributed by atoms with Gasteiger partial charge in [0.25, 0.3) is 0 Å². The fourth-order valence-corrected chi connectivity index (χ4v) is 3.49. The molecule has 94 valence electrons. The predicted octanol–water partition coefficient (Wildman–Crippen LogP) is 2.63. The van der Waals surface area contributed by atoms with Crippen LogP contribution in [0.15, 0.2) is 0 Å². The standard InChI is InChI=1S/C14H28N2/c1-12-7-8-16(14(9-12)10-15)11-13-5-3-2-4-6-13/h12-14H,2-11,15H2,1H3. The third-order valence-electron chi connectivity index (χ3n) is 4.59. The van der Waals surface area contributed by atoms with Crippen molar-refractivity contribution in [1.82, 2.24) is 4.90 Å². The van der Waals surface area contributed by atoms with Gasteiger partial charge in [0.2, 0.25) is 0 Å². The topological polar surface area (TPSA) is 29.3 Å². The van der Waals surface area contributed by atoms with E-state index < -0.39 is 0 Å². The van der Waals surface area contributed by atoms with Gasteiger partial charge in [-0.15, -0.1) is 0 Å². The smallest absolute Gasteiger partial charge is 0.0221 e. The van der Waals surface area contributed by atoms with Crippen LogP contribution in [-0.4, -0.2) is 30.6 Å². The molecule has 0 aromatic heterocycles. The van der Waals surface area contributed by atoms with Crippen LogP contribution in [0.4, 0.5) is 0 Å². The third-order valence-corrected chi connectivity index (χ3v) is 4.59. The van der Waals surface area contributed by atoms with Crippen molar-refractivity contribution in [3.8, 4) is 0 Å². The molecule has 1 heterocycles. The molecule has 0 radical (unpaired) electrons. The molecule has 2 rings (SSSR count). The Morgan fingerprint density at radius 2 is 1.88 bits per heavy atom. The summed E-state index contributed by atoms with van der Waals surface area (Å²) in [6, 6.07) is 0.672. The Hall–Kier alpha value is -0.0800. The minimum absolute atomic E-state index is 0.672. The normalized spacial score (nSPS) is 34.1. The SMILES string of the molecule is CC1CCN(CC2CCCCC2)C(CN)C1. The molecule has 0 aromatic rings. The predicted molar refractivity (Wildman–Crippen MR) is 69.4 cm³/mol. The summed E-state index contributed by atoms with van der Waals surface area (Å²) in [5, 5.41) is 0. The van der Waals surface area contributed by atoms with E-state index in [-0.39, 0.29) is 0 Å². The van der Waals surface area contributed by atoms with Gasteiger partial charge in [0.05, 0.1) is 0 Å². The van der Waals surface area contributed by atoms with E-state index in [0.29, 0.717) is 6.04 Å². The average Bonchev–Trinajstić information content (AvgIpc) is 2.33. The summed E-state index contributed by atoms with van der Waals surface area (Å²) in [5.74, 6) is 1.85. The molecule has 0 spiro atoms. The Kier molecular flexibility index (Phi) is 4.66. The number of rotatable bonds is 3. The molecule has 1 aliphatic carbocycles. The first-order chi connectivity index (χ1) is 7.79. The minimum atomic E-state index is 0.672. The Balaban J connectivity index is 1.82. The van der Waals surface area contributed by atoms with Crippen LogP contribution in [0.5, 0.6) is 0 Å². The lowest BCUT2D eigenvalue weighted by atomic mass is 9.86. The molecule has 2 aliphatic rings. The van der Waals surface area contributed by atoms with E-state index in [9.17, 15) is 0 Å². The molecule has 2 fully saturated rings.